The molecule has 0 N–H and O–H groups in total. The van der Waals surface area contributed by atoms with E-state index in [1.165, 1.54) is 88.3 Å². The molecule has 246 valence electrons. The first-order valence-corrected chi connectivity index (χ1v) is 18.4. The topological polar surface area (TPSA) is 9.86 Å². The summed E-state index contributed by atoms with van der Waals surface area (Å²) >= 11 is 0. The monoisotopic (exact) mass is 672 g/mol. The lowest BCUT2D eigenvalue weighted by molar-refractivity contribution is 0.794. The van der Waals surface area contributed by atoms with Gasteiger partial charge in [0.05, 0.1) is 22.0 Å². The molecule has 0 atom stereocenters. The number of hydrogen-bond donors (Lipinski definition) is 0. The minimum atomic E-state index is -0.348. The predicted molar refractivity (Wildman–Crippen MR) is 219 cm³/mol. The van der Waals surface area contributed by atoms with Crippen LogP contribution in [0.25, 0.3) is 77.5 Å². The second-order valence-electron chi connectivity index (χ2n) is 14.5. The third-order valence-electron chi connectivity index (χ3n) is 12.0. The Morgan fingerprint density at radius 1 is 0.340 bits per heavy atom. The van der Waals surface area contributed by atoms with Crippen molar-refractivity contribution in [2.24, 2.45) is 0 Å². The first-order valence-electron chi connectivity index (χ1n) is 18.4. The van der Waals surface area contributed by atoms with Crippen LogP contribution >= 0.6 is 0 Å². The van der Waals surface area contributed by atoms with E-state index in [9.17, 15) is 0 Å². The lowest BCUT2D eigenvalue weighted by atomic mass is 9.70. The Morgan fingerprint density at radius 2 is 0.925 bits per heavy atom. The third-order valence-corrected chi connectivity index (χ3v) is 12.0. The number of para-hydroxylation sites is 2. The summed E-state index contributed by atoms with van der Waals surface area (Å²) in [6.45, 7) is 0. The van der Waals surface area contributed by atoms with E-state index in [1.807, 2.05) is 0 Å². The van der Waals surface area contributed by atoms with Crippen molar-refractivity contribution < 1.29 is 0 Å². The number of rotatable bonds is 3. The number of benzene rings is 8. The molecule has 0 saturated carbocycles. The fraction of sp³-hybridized carbons (Fsp3) is 0.0196. The number of fused-ring (bicyclic) bond motifs is 15. The van der Waals surface area contributed by atoms with Gasteiger partial charge in [-0.05, 0) is 104 Å². The molecule has 0 saturated heterocycles. The summed E-state index contributed by atoms with van der Waals surface area (Å²) in [6, 6.07) is 69.7. The number of hydrogen-bond acceptors (Lipinski definition) is 0. The molecule has 0 bridgehead atoms. The van der Waals surface area contributed by atoms with E-state index in [2.05, 4.69) is 203 Å². The van der Waals surface area contributed by atoms with E-state index in [4.69, 9.17) is 0 Å². The fourth-order valence-electron chi connectivity index (χ4n) is 9.84. The normalized spacial score (nSPS) is 13.4. The molecule has 0 radical (unpaired) electrons. The molecule has 53 heavy (non-hydrogen) atoms. The highest BCUT2D eigenvalue weighted by Gasteiger charge is 2.51. The summed E-state index contributed by atoms with van der Waals surface area (Å²) in [4.78, 5) is 0. The lowest BCUT2D eigenvalue weighted by Gasteiger charge is -2.30. The van der Waals surface area contributed by atoms with Gasteiger partial charge >= 0.3 is 0 Å². The van der Waals surface area contributed by atoms with Gasteiger partial charge in [0.15, 0.2) is 0 Å². The molecule has 2 aliphatic carbocycles. The Balaban J connectivity index is 1.04. The van der Waals surface area contributed by atoms with Gasteiger partial charge < -0.3 is 9.13 Å². The predicted octanol–water partition coefficient (Wildman–Crippen LogP) is 12.7. The Labute approximate surface area is 307 Å². The zero-order valence-electron chi connectivity index (χ0n) is 28.9. The molecule has 0 amide bonds. The average Bonchev–Trinajstić information content (AvgIpc) is 3.97. The molecular weight excluding hydrogens is 641 g/mol. The SMILES string of the molecule is c1ccc(-n2ccc3c2ccc2c4ccccc4n(-c4ccc(-c5ccc6c(c5)C5(c7ccccc7-c7ccccc75)c5ccccc5-6)cc4)c23)cc1. The first kappa shape index (κ1) is 28.8. The van der Waals surface area contributed by atoms with Crippen molar-refractivity contribution in [3.05, 3.63) is 217 Å². The summed E-state index contributed by atoms with van der Waals surface area (Å²) < 4.78 is 4.74. The van der Waals surface area contributed by atoms with Gasteiger partial charge in [-0.1, -0.05) is 140 Å². The van der Waals surface area contributed by atoms with Crippen LogP contribution in [0, 0.1) is 0 Å². The largest absolute Gasteiger partial charge is 0.316 e. The van der Waals surface area contributed by atoms with E-state index in [0.717, 1.165) is 11.4 Å². The van der Waals surface area contributed by atoms with Crippen molar-refractivity contribution in [1.82, 2.24) is 9.13 Å². The fourth-order valence-corrected chi connectivity index (χ4v) is 9.84. The van der Waals surface area contributed by atoms with Gasteiger partial charge in [-0.2, -0.15) is 0 Å². The average molecular weight is 673 g/mol. The minimum absolute atomic E-state index is 0.348. The number of nitrogens with zero attached hydrogens (tertiary/aromatic N) is 2. The standard InChI is InChI=1S/C51H32N2/c1-2-12-35(13-3-1)52-31-30-43-48(52)29-28-42-41-17-7-11-21-49(41)53(50(42)43)36-25-22-33(23-26-36)34-24-27-40-39-16-6-10-20-46(39)51(47(40)32-34)44-18-8-4-14-37(44)38-15-5-9-19-45(38)51/h1-32H. The van der Waals surface area contributed by atoms with Crippen LogP contribution in [0.4, 0.5) is 0 Å². The number of aromatic nitrogens is 2. The molecule has 2 heterocycles. The summed E-state index contributed by atoms with van der Waals surface area (Å²) in [5.41, 5.74) is 18.9. The Bertz CT molecular complexity index is 3040. The Morgan fingerprint density at radius 3 is 1.62 bits per heavy atom. The Kier molecular flexibility index (Phi) is 5.73. The van der Waals surface area contributed by atoms with Crippen LogP contribution in [0.3, 0.4) is 0 Å². The molecule has 0 unspecified atom stereocenters. The van der Waals surface area contributed by atoms with Crippen molar-refractivity contribution >= 4 is 32.7 Å². The lowest BCUT2D eigenvalue weighted by Crippen LogP contribution is -2.25. The van der Waals surface area contributed by atoms with Crippen LogP contribution in [0.1, 0.15) is 22.3 Å². The maximum absolute atomic E-state index is 2.47. The molecule has 8 aromatic carbocycles. The summed E-state index contributed by atoms with van der Waals surface area (Å²) in [5.74, 6) is 0. The van der Waals surface area contributed by atoms with Crippen molar-refractivity contribution in [2.75, 3.05) is 0 Å². The molecule has 0 fully saturated rings. The molecule has 0 aliphatic heterocycles. The van der Waals surface area contributed by atoms with Crippen LogP contribution in [0.15, 0.2) is 194 Å². The molecule has 12 rings (SSSR count). The van der Waals surface area contributed by atoms with E-state index in [1.54, 1.807) is 0 Å². The maximum atomic E-state index is 2.47. The Hall–Kier alpha value is -6.90. The molecular formula is C51H32N2. The van der Waals surface area contributed by atoms with E-state index >= 15 is 0 Å². The first-order chi connectivity index (χ1) is 26.3. The van der Waals surface area contributed by atoms with Crippen LogP contribution in [0.5, 0.6) is 0 Å². The zero-order chi connectivity index (χ0) is 34.7. The van der Waals surface area contributed by atoms with Crippen LogP contribution in [0.2, 0.25) is 0 Å². The highest BCUT2D eigenvalue weighted by molar-refractivity contribution is 6.18. The van der Waals surface area contributed by atoms with Crippen molar-refractivity contribution in [1.29, 1.82) is 0 Å². The van der Waals surface area contributed by atoms with Crippen LogP contribution in [-0.4, -0.2) is 9.13 Å². The third kappa shape index (κ3) is 3.72. The molecule has 2 heteroatoms. The van der Waals surface area contributed by atoms with Gasteiger partial charge in [0.2, 0.25) is 0 Å². The molecule has 10 aromatic rings. The zero-order valence-corrected chi connectivity index (χ0v) is 28.9. The van der Waals surface area contributed by atoms with Gasteiger partial charge in [0.1, 0.15) is 0 Å². The second-order valence-corrected chi connectivity index (χ2v) is 14.5. The van der Waals surface area contributed by atoms with Crippen molar-refractivity contribution in [2.45, 2.75) is 5.41 Å². The second kappa shape index (κ2) is 10.6. The van der Waals surface area contributed by atoms with Crippen LogP contribution in [-0.2, 0) is 5.41 Å². The quantitative estimate of drug-likeness (QED) is 0.177. The van der Waals surface area contributed by atoms with E-state index < -0.39 is 0 Å². The van der Waals surface area contributed by atoms with E-state index in [-0.39, 0.29) is 5.41 Å². The van der Waals surface area contributed by atoms with E-state index in [0.29, 0.717) is 0 Å². The van der Waals surface area contributed by atoms with Gasteiger partial charge in [-0.15, -0.1) is 0 Å². The highest BCUT2D eigenvalue weighted by Crippen LogP contribution is 2.63. The van der Waals surface area contributed by atoms with Gasteiger partial charge in [-0.25, -0.2) is 0 Å². The minimum Gasteiger partial charge on any atom is -0.316 e. The van der Waals surface area contributed by atoms with Crippen molar-refractivity contribution in [3.8, 4) is 44.8 Å². The van der Waals surface area contributed by atoms with Gasteiger partial charge in [0.25, 0.3) is 0 Å². The summed E-state index contributed by atoms with van der Waals surface area (Å²) in [6.07, 6.45) is 2.20. The maximum Gasteiger partial charge on any atom is 0.0725 e. The van der Waals surface area contributed by atoms with Gasteiger partial charge in [0, 0.05) is 33.7 Å². The van der Waals surface area contributed by atoms with Crippen LogP contribution < -0.4 is 0 Å². The molecule has 2 nitrogen and oxygen atoms in total. The highest BCUT2D eigenvalue weighted by atomic mass is 15.0. The summed E-state index contributed by atoms with van der Waals surface area (Å²) in [7, 11) is 0. The molecule has 2 aromatic heterocycles. The van der Waals surface area contributed by atoms with Crippen molar-refractivity contribution in [3.63, 3.8) is 0 Å². The summed E-state index contributed by atoms with van der Waals surface area (Å²) in [5, 5.41) is 3.78. The molecule has 1 spiro atoms. The molecule has 2 aliphatic rings. The van der Waals surface area contributed by atoms with Gasteiger partial charge in [-0.3, -0.25) is 0 Å². The smallest absolute Gasteiger partial charge is 0.0725 e.